The van der Waals surface area contributed by atoms with Crippen LogP contribution in [0.5, 0.6) is 5.75 Å². The number of fused-ring (bicyclic) bond motifs is 3. The Balaban J connectivity index is 1.54. The van der Waals surface area contributed by atoms with Crippen LogP contribution in [-0.4, -0.2) is 23.4 Å². The number of amides is 3. The van der Waals surface area contributed by atoms with E-state index in [9.17, 15) is 9.59 Å². The highest BCUT2D eigenvalue weighted by molar-refractivity contribution is 6.08. The summed E-state index contributed by atoms with van der Waals surface area (Å²) >= 11 is 0. The zero-order chi connectivity index (χ0) is 18.4. The molecule has 0 aromatic heterocycles. The fourth-order valence-corrected chi connectivity index (χ4v) is 4.12. The van der Waals surface area contributed by atoms with E-state index in [4.69, 9.17) is 4.74 Å². The molecular formula is C22H18N2O3. The number of hydrogen-bond acceptors (Lipinski definition) is 3. The molecule has 3 aromatic carbocycles. The number of hydrogen-bond donors (Lipinski definition) is 1. The summed E-state index contributed by atoms with van der Waals surface area (Å²) in [6.07, 6.45) is 0.431. The van der Waals surface area contributed by atoms with Gasteiger partial charge in [0.1, 0.15) is 5.75 Å². The van der Waals surface area contributed by atoms with Crippen molar-refractivity contribution in [3.8, 4) is 5.75 Å². The Morgan fingerprint density at radius 3 is 2.67 bits per heavy atom. The van der Waals surface area contributed by atoms with Gasteiger partial charge in [-0.25, -0.2) is 4.79 Å². The van der Waals surface area contributed by atoms with Crippen LogP contribution in [0.25, 0.3) is 10.8 Å². The second-order valence-corrected chi connectivity index (χ2v) is 6.96. The van der Waals surface area contributed by atoms with Crippen LogP contribution in [0.2, 0.25) is 0 Å². The van der Waals surface area contributed by atoms with Crippen LogP contribution in [0.3, 0.4) is 0 Å². The zero-order valence-electron chi connectivity index (χ0n) is 14.6. The molecule has 5 heteroatoms. The molecule has 1 fully saturated rings. The molecule has 134 valence electrons. The largest absolute Gasteiger partial charge is 0.493 e. The Morgan fingerprint density at radius 2 is 1.74 bits per heavy atom. The van der Waals surface area contributed by atoms with Gasteiger partial charge in [-0.15, -0.1) is 0 Å². The highest BCUT2D eigenvalue weighted by Gasteiger charge is 2.54. The molecule has 1 N–H and O–H groups in total. The number of benzene rings is 3. The lowest BCUT2D eigenvalue weighted by atomic mass is 9.84. The number of ether oxygens (including phenoxy) is 1. The molecule has 2 aliphatic rings. The van der Waals surface area contributed by atoms with Crippen molar-refractivity contribution in [2.45, 2.75) is 18.5 Å². The first-order valence-electron chi connectivity index (χ1n) is 9.02. The standard InChI is InChI=1S/C22H18N2O3/c25-20-22(12-13-27-19-11-4-3-10-18(19)22)23-21(26)24(20)14-16-8-5-7-15-6-1-2-9-17(15)16/h1-11H,12-14H2,(H,23,26)/t22-/m1/s1. The summed E-state index contributed by atoms with van der Waals surface area (Å²) in [5.41, 5.74) is 0.653. The van der Waals surface area contributed by atoms with Crippen LogP contribution in [-0.2, 0) is 16.9 Å². The van der Waals surface area contributed by atoms with E-state index < -0.39 is 5.54 Å². The Morgan fingerprint density at radius 1 is 0.963 bits per heavy atom. The highest BCUT2D eigenvalue weighted by Crippen LogP contribution is 2.41. The minimum absolute atomic E-state index is 0.212. The van der Waals surface area contributed by atoms with Crippen LogP contribution in [0.4, 0.5) is 4.79 Å². The van der Waals surface area contributed by atoms with Gasteiger partial charge in [0.25, 0.3) is 5.91 Å². The Kier molecular flexibility index (Phi) is 3.44. The Hall–Kier alpha value is -3.34. The van der Waals surface area contributed by atoms with Gasteiger partial charge in [-0.2, -0.15) is 0 Å². The van der Waals surface area contributed by atoms with Gasteiger partial charge in [0.05, 0.1) is 13.2 Å². The number of nitrogens with one attached hydrogen (secondary N) is 1. The van der Waals surface area contributed by atoms with E-state index in [2.05, 4.69) is 5.32 Å². The van der Waals surface area contributed by atoms with Gasteiger partial charge < -0.3 is 10.1 Å². The summed E-state index contributed by atoms with van der Waals surface area (Å²) in [6, 6.07) is 21.0. The lowest BCUT2D eigenvalue weighted by Crippen LogP contribution is -2.47. The highest BCUT2D eigenvalue weighted by atomic mass is 16.5. The van der Waals surface area contributed by atoms with E-state index in [1.165, 1.54) is 4.90 Å². The van der Waals surface area contributed by atoms with E-state index in [1.54, 1.807) is 0 Å². The lowest BCUT2D eigenvalue weighted by Gasteiger charge is -2.33. The molecule has 1 saturated heterocycles. The van der Waals surface area contributed by atoms with E-state index in [-0.39, 0.29) is 18.5 Å². The third-order valence-electron chi connectivity index (χ3n) is 5.47. The van der Waals surface area contributed by atoms with E-state index in [1.807, 2.05) is 66.7 Å². The van der Waals surface area contributed by atoms with Gasteiger partial charge in [0.2, 0.25) is 0 Å². The monoisotopic (exact) mass is 358 g/mol. The molecule has 27 heavy (non-hydrogen) atoms. The third-order valence-corrected chi connectivity index (χ3v) is 5.47. The minimum atomic E-state index is -1.03. The first-order chi connectivity index (χ1) is 13.2. The number of carbonyl (C=O) groups excluding carboxylic acids is 2. The van der Waals surface area contributed by atoms with Crippen LogP contribution in [0.1, 0.15) is 17.5 Å². The molecular weight excluding hydrogens is 340 g/mol. The van der Waals surface area contributed by atoms with Gasteiger partial charge >= 0.3 is 6.03 Å². The summed E-state index contributed by atoms with van der Waals surface area (Å²) in [5.74, 6) is 0.445. The lowest BCUT2D eigenvalue weighted by molar-refractivity contribution is -0.133. The van der Waals surface area contributed by atoms with Gasteiger partial charge in [0.15, 0.2) is 5.54 Å². The average Bonchev–Trinajstić information content (AvgIpc) is 2.93. The van der Waals surface area contributed by atoms with Crippen molar-refractivity contribution in [1.29, 1.82) is 0 Å². The van der Waals surface area contributed by atoms with Crippen LogP contribution in [0, 0.1) is 0 Å². The van der Waals surface area contributed by atoms with Crippen LogP contribution >= 0.6 is 0 Å². The predicted molar refractivity (Wildman–Crippen MR) is 101 cm³/mol. The second kappa shape index (κ2) is 5.84. The maximum absolute atomic E-state index is 13.4. The van der Waals surface area contributed by atoms with Crippen molar-refractivity contribution in [3.63, 3.8) is 0 Å². The number of carbonyl (C=O) groups is 2. The topological polar surface area (TPSA) is 58.6 Å². The third kappa shape index (κ3) is 2.31. The van der Waals surface area contributed by atoms with Crippen molar-refractivity contribution in [2.24, 2.45) is 0 Å². The molecule has 2 aliphatic heterocycles. The minimum Gasteiger partial charge on any atom is -0.493 e. The molecule has 0 bridgehead atoms. The zero-order valence-corrected chi connectivity index (χ0v) is 14.6. The van der Waals surface area contributed by atoms with Crippen molar-refractivity contribution >= 4 is 22.7 Å². The maximum Gasteiger partial charge on any atom is 0.325 e. The van der Waals surface area contributed by atoms with Crippen molar-refractivity contribution in [3.05, 3.63) is 77.9 Å². The van der Waals surface area contributed by atoms with E-state index in [0.717, 1.165) is 21.9 Å². The Labute approximate surface area is 156 Å². The summed E-state index contributed by atoms with van der Waals surface area (Å²) < 4.78 is 5.68. The summed E-state index contributed by atoms with van der Waals surface area (Å²) in [7, 11) is 0. The SMILES string of the molecule is O=C1N[C@@]2(CCOc3ccccc32)C(=O)N1Cc1cccc2ccccc12. The fraction of sp³-hybridized carbons (Fsp3) is 0.182. The van der Waals surface area contributed by atoms with E-state index >= 15 is 0 Å². The molecule has 5 nitrogen and oxygen atoms in total. The number of rotatable bonds is 2. The smallest absolute Gasteiger partial charge is 0.325 e. The second-order valence-electron chi connectivity index (χ2n) is 6.96. The van der Waals surface area contributed by atoms with Crippen molar-refractivity contribution < 1.29 is 14.3 Å². The molecule has 3 amide bonds. The molecule has 0 radical (unpaired) electrons. The van der Waals surface area contributed by atoms with Crippen LogP contribution in [0.15, 0.2) is 66.7 Å². The van der Waals surface area contributed by atoms with Crippen LogP contribution < -0.4 is 10.1 Å². The number of imide groups is 1. The van der Waals surface area contributed by atoms with Gasteiger partial charge in [-0.1, -0.05) is 60.7 Å². The summed E-state index contributed by atoms with van der Waals surface area (Å²) in [6.45, 7) is 0.641. The van der Waals surface area contributed by atoms with Gasteiger partial charge in [-0.05, 0) is 22.4 Å². The summed E-state index contributed by atoms with van der Waals surface area (Å²) in [5, 5.41) is 5.09. The first-order valence-corrected chi connectivity index (χ1v) is 9.02. The van der Waals surface area contributed by atoms with Crippen molar-refractivity contribution in [1.82, 2.24) is 10.2 Å². The van der Waals surface area contributed by atoms with Gasteiger partial charge in [0, 0.05) is 12.0 Å². The average molecular weight is 358 g/mol. The van der Waals surface area contributed by atoms with Gasteiger partial charge in [-0.3, -0.25) is 9.69 Å². The number of urea groups is 1. The maximum atomic E-state index is 13.4. The normalized spacial score (nSPS) is 21.3. The predicted octanol–water partition coefficient (Wildman–Crippen LogP) is 3.57. The molecule has 0 saturated carbocycles. The quantitative estimate of drug-likeness (QED) is 0.713. The molecule has 2 heterocycles. The van der Waals surface area contributed by atoms with Crippen molar-refractivity contribution in [2.75, 3.05) is 6.61 Å². The molecule has 0 aliphatic carbocycles. The molecule has 0 unspecified atom stereocenters. The molecule has 1 spiro atoms. The molecule has 5 rings (SSSR count). The molecule has 1 atom stereocenters. The first kappa shape index (κ1) is 15.9. The number of nitrogens with zero attached hydrogens (tertiary/aromatic N) is 1. The molecule has 3 aromatic rings. The fourth-order valence-electron chi connectivity index (χ4n) is 4.12. The number of para-hydroxylation sites is 1. The Bertz CT molecular complexity index is 1070. The summed E-state index contributed by atoms with van der Waals surface area (Å²) in [4.78, 5) is 27.5. The van der Waals surface area contributed by atoms with E-state index in [0.29, 0.717) is 18.8 Å².